The molecule has 0 heterocycles. The van der Waals surface area contributed by atoms with Gasteiger partial charge in [0.2, 0.25) is 10.0 Å². The van der Waals surface area contributed by atoms with Gasteiger partial charge in [-0.25, -0.2) is 13.1 Å². The number of ether oxygens (including phenoxy) is 1. The van der Waals surface area contributed by atoms with Crippen LogP contribution in [0.15, 0.2) is 29.2 Å². The summed E-state index contributed by atoms with van der Waals surface area (Å²) in [5.74, 6) is -0.277. The van der Waals surface area contributed by atoms with Crippen molar-refractivity contribution >= 4 is 15.9 Å². The highest BCUT2D eigenvalue weighted by atomic mass is 32.2. The van der Waals surface area contributed by atoms with Gasteiger partial charge in [-0.2, -0.15) is 0 Å². The molecule has 0 atom stereocenters. The molecule has 0 radical (unpaired) electrons. The van der Waals surface area contributed by atoms with E-state index in [1.807, 2.05) is 0 Å². The predicted octanol–water partition coefficient (Wildman–Crippen LogP) is 2.06. The first-order chi connectivity index (χ1) is 11.5. The largest absolute Gasteiger partial charge is 0.378 e. The van der Waals surface area contributed by atoms with Crippen LogP contribution in [0, 0.1) is 0 Å². The summed E-state index contributed by atoms with van der Waals surface area (Å²) < 4.78 is 31.6. The van der Waals surface area contributed by atoms with Crippen LogP contribution in [0.5, 0.6) is 0 Å². The molecule has 2 N–H and O–H groups in total. The first-order valence-electron chi connectivity index (χ1n) is 8.46. The lowest BCUT2D eigenvalue weighted by Gasteiger charge is -2.21. The maximum atomic E-state index is 12.1. The quantitative estimate of drug-likeness (QED) is 0.700. The molecule has 0 unspecified atom stereocenters. The van der Waals surface area contributed by atoms with Gasteiger partial charge >= 0.3 is 0 Å². The van der Waals surface area contributed by atoms with Gasteiger partial charge in [0, 0.05) is 18.7 Å². The van der Waals surface area contributed by atoms with Crippen molar-refractivity contribution in [3.05, 3.63) is 29.8 Å². The molecule has 0 bridgehead atoms. The first-order valence-corrected chi connectivity index (χ1v) is 9.94. The molecule has 0 saturated heterocycles. The molecular formula is C17H26N2O4S. The fourth-order valence-electron chi connectivity index (χ4n) is 2.78. The number of hydrogen-bond donors (Lipinski definition) is 2. The normalized spacial score (nSPS) is 16.0. The first kappa shape index (κ1) is 18.9. The second kappa shape index (κ2) is 9.15. The van der Waals surface area contributed by atoms with Gasteiger partial charge in [-0.15, -0.1) is 0 Å². The molecular weight excluding hydrogens is 328 g/mol. The number of nitrogens with one attached hydrogen (secondary N) is 2. The average Bonchev–Trinajstić information content (AvgIpc) is 2.62. The van der Waals surface area contributed by atoms with Crippen LogP contribution < -0.4 is 10.0 Å². The Morgan fingerprint density at radius 3 is 2.71 bits per heavy atom. The van der Waals surface area contributed by atoms with Crippen molar-refractivity contribution in [2.24, 2.45) is 0 Å². The fraction of sp³-hybridized carbons (Fsp3) is 0.588. The lowest BCUT2D eigenvalue weighted by molar-refractivity contribution is 0.0273. The van der Waals surface area contributed by atoms with Crippen molar-refractivity contribution in [1.82, 2.24) is 10.0 Å². The van der Waals surface area contributed by atoms with E-state index in [-0.39, 0.29) is 10.8 Å². The van der Waals surface area contributed by atoms with E-state index in [2.05, 4.69) is 10.0 Å². The Morgan fingerprint density at radius 2 is 2.00 bits per heavy atom. The second-order valence-corrected chi connectivity index (χ2v) is 7.86. The molecule has 0 aromatic heterocycles. The van der Waals surface area contributed by atoms with E-state index >= 15 is 0 Å². The molecule has 0 spiro atoms. The minimum Gasteiger partial charge on any atom is -0.378 e. The van der Waals surface area contributed by atoms with E-state index in [1.54, 1.807) is 12.1 Å². The molecule has 134 valence electrons. The summed E-state index contributed by atoms with van der Waals surface area (Å²) in [4.78, 5) is 12.2. The summed E-state index contributed by atoms with van der Waals surface area (Å²) in [6, 6.07) is 5.99. The van der Waals surface area contributed by atoms with Crippen molar-refractivity contribution < 1.29 is 17.9 Å². The van der Waals surface area contributed by atoms with Crippen LogP contribution in [-0.2, 0) is 14.8 Å². The Kier molecular flexibility index (Phi) is 7.20. The molecule has 1 amide bonds. The Labute approximate surface area is 144 Å². The van der Waals surface area contributed by atoms with E-state index in [4.69, 9.17) is 4.74 Å². The fourth-order valence-corrected chi connectivity index (χ4v) is 3.56. The van der Waals surface area contributed by atoms with Gasteiger partial charge < -0.3 is 10.1 Å². The minimum absolute atomic E-state index is 0.0817. The van der Waals surface area contributed by atoms with Crippen LogP contribution in [0.1, 0.15) is 48.9 Å². The molecule has 1 aromatic rings. The van der Waals surface area contributed by atoms with Gasteiger partial charge in [0.15, 0.2) is 0 Å². The topological polar surface area (TPSA) is 84.5 Å². The highest BCUT2D eigenvalue weighted by Gasteiger charge is 2.15. The van der Waals surface area contributed by atoms with Crippen LogP contribution in [0.2, 0.25) is 0 Å². The lowest BCUT2D eigenvalue weighted by atomic mass is 9.98. The van der Waals surface area contributed by atoms with Crippen molar-refractivity contribution in [3.8, 4) is 0 Å². The van der Waals surface area contributed by atoms with Crippen molar-refractivity contribution in [2.45, 2.75) is 49.5 Å². The number of rotatable bonds is 8. The maximum Gasteiger partial charge on any atom is 0.251 e. The average molecular weight is 354 g/mol. The molecule has 2 rings (SSSR count). The maximum absolute atomic E-state index is 12.1. The van der Waals surface area contributed by atoms with Gasteiger partial charge in [0.05, 0.1) is 11.0 Å². The molecule has 1 aliphatic rings. The van der Waals surface area contributed by atoms with Crippen LogP contribution in [0.3, 0.4) is 0 Å². The number of sulfonamides is 1. The summed E-state index contributed by atoms with van der Waals surface area (Å²) >= 11 is 0. The standard InChI is InChI=1S/C17H26N2O4S/c1-18-24(21,22)16-10-5-7-14(13-16)17(20)19-11-6-12-23-15-8-3-2-4-9-15/h5,7,10,13,15,18H,2-4,6,8-9,11-12H2,1H3,(H,19,20). The highest BCUT2D eigenvalue weighted by Crippen LogP contribution is 2.20. The summed E-state index contributed by atoms with van der Waals surface area (Å²) in [7, 11) is -2.20. The third-order valence-electron chi connectivity index (χ3n) is 4.19. The Bertz CT molecular complexity index is 640. The monoisotopic (exact) mass is 354 g/mol. The Morgan fingerprint density at radius 1 is 1.25 bits per heavy atom. The summed E-state index contributed by atoms with van der Waals surface area (Å²) in [6.45, 7) is 1.15. The molecule has 6 nitrogen and oxygen atoms in total. The lowest BCUT2D eigenvalue weighted by Crippen LogP contribution is -2.26. The highest BCUT2D eigenvalue weighted by molar-refractivity contribution is 7.89. The number of benzene rings is 1. The number of carbonyl (C=O) groups is 1. The van der Waals surface area contributed by atoms with Crippen LogP contribution in [0.4, 0.5) is 0 Å². The number of hydrogen-bond acceptors (Lipinski definition) is 4. The summed E-state index contributed by atoms with van der Waals surface area (Å²) in [5, 5.41) is 2.80. The third-order valence-corrected chi connectivity index (χ3v) is 5.60. The summed E-state index contributed by atoms with van der Waals surface area (Å²) in [6.07, 6.45) is 7.19. The number of amides is 1. The van der Waals surface area contributed by atoms with Gasteiger partial charge in [0.25, 0.3) is 5.91 Å². The van der Waals surface area contributed by atoms with Gasteiger partial charge in [-0.1, -0.05) is 25.3 Å². The van der Waals surface area contributed by atoms with Gasteiger partial charge in [-0.3, -0.25) is 4.79 Å². The minimum atomic E-state index is -3.55. The molecule has 24 heavy (non-hydrogen) atoms. The van der Waals surface area contributed by atoms with E-state index in [1.165, 1.54) is 38.4 Å². The smallest absolute Gasteiger partial charge is 0.251 e. The zero-order valence-corrected chi connectivity index (χ0v) is 14.9. The predicted molar refractivity (Wildman–Crippen MR) is 92.5 cm³/mol. The van der Waals surface area contributed by atoms with E-state index < -0.39 is 10.0 Å². The van der Waals surface area contributed by atoms with Crippen molar-refractivity contribution in [2.75, 3.05) is 20.2 Å². The molecule has 0 aliphatic heterocycles. The zero-order chi connectivity index (χ0) is 17.4. The molecule has 7 heteroatoms. The van der Waals surface area contributed by atoms with Crippen LogP contribution >= 0.6 is 0 Å². The van der Waals surface area contributed by atoms with Crippen molar-refractivity contribution in [3.63, 3.8) is 0 Å². The summed E-state index contributed by atoms with van der Waals surface area (Å²) in [5.41, 5.74) is 0.333. The second-order valence-electron chi connectivity index (χ2n) is 5.98. The molecule has 1 saturated carbocycles. The van der Waals surface area contributed by atoms with Crippen LogP contribution in [-0.4, -0.2) is 40.6 Å². The SMILES string of the molecule is CNS(=O)(=O)c1cccc(C(=O)NCCCOC2CCCCC2)c1. The Balaban J connectivity index is 1.75. The van der Waals surface area contributed by atoms with Crippen LogP contribution in [0.25, 0.3) is 0 Å². The molecule has 1 aliphatic carbocycles. The van der Waals surface area contributed by atoms with E-state index in [9.17, 15) is 13.2 Å². The van der Waals surface area contributed by atoms with Gasteiger partial charge in [-0.05, 0) is 44.5 Å². The van der Waals surface area contributed by atoms with Crippen molar-refractivity contribution in [1.29, 1.82) is 0 Å². The van der Waals surface area contributed by atoms with E-state index in [0.29, 0.717) is 24.8 Å². The van der Waals surface area contributed by atoms with Gasteiger partial charge in [0.1, 0.15) is 0 Å². The number of carbonyl (C=O) groups excluding carboxylic acids is 1. The zero-order valence-electron chi connectivity index (χ0n) is 14.1. The Hall–Kier alpha value is -1.44. The molecule has 1 fully saturated rings. The third kappa shape index (κ3) is 5.58. The molecule has 1 aromatic carbocycles. The van der Waals surface area contributed by atoms with E-state index in [0.717, 1.165) is 19.3 Å².